The SMILES string of the molecule is [Si]CCCN1CCc2ccccc21. The molecule has 0 aliphatic carbocycles. The van der Waals surface area contributed by atoms with Gasteiger partial charge in [0.1, 0.15) is 0 Å². The average molecular weight is 188 g/mol. The lowest BCUT2D eigenvalue weighted by Gasteiger charge is -2.18. The zero-order chi connectivity index (χ0) is 9.10. The second-order valence-corrected chi connectivity index (χ2v) is 3.97. The summed E-state index contributed by atoms with van der Waals surface area (Å²) in [7, 11) is 3.52. The summed E-state index contributed by atoms with van der Waals surface area (Å²) in [5, 5.41) is 0. The van der Waals surface area contributed by atoms with Crippen molar-refractivity contribution in [3.05, 3.63) is 29.8 Å². The molecule has 0 amide bonds. The standard InChI is InChI=1S/C11H14NSi/c13-9-3-7-12-8-6-10-4-1-2-5-11(10)12/h1-2,4-5H,3,6-9H2. The molecule has 0 saturated carbocycles. The molecule has 0 spiro atoms. The molecule has 0 atom stereocenters. The zero-order valence-electron chi connectivity index (χ0n) is 7.79. The van der Waals surface area contributed by atoms with Gasteiger partial charge in [-0.25, -0.2) is 0 Å². The Labute approximate surface area is 83.2 Å². The van der Waals surface area contributed by atoms with E-state index in [1.54, 1.807) is 0 Å². The first-order valence-electron chi connectivity index (χ1n) is 4.89. The number of fused-ring (bicyclic) bond motifs is 1. The fourth-order valence-electron chi connectivity index (χ4n) is 1.91. The normalized spacial score (nSPS) is 14.7. The summed E-state index contributed by atoms with van der Waals surface area (Å²) in [5.41, 5.74) is 2.96. The molecule has 0 fully saturated rings. The number of nitrogens with zero attached hydrogens (tertiary/aromatic N) is 1. The van der Waals surface area contributed by atoms with Crippen molar-refractivity contribution in [1.82, 2.24) is 0 Å². The quantitative estimate of drug-likeness (QED) is 0.656. The van der Waals surface area contributed by atoms with Crippen molar-refractivity contribution >= 4 is 15.9 Å². The Kier molecular flexibility index (Phi) is 2.69. The number of para-hydroxylation sites is 1. The van der Waals surface area contributed by atoms with Crippen molar-refractivity contribution in [1.29, 1.82) is 0 Å². The summed E-state index contributed by atoms with van der Waals surface area (Å²) in [6.07, 6.45) is 2.45. The smallest absolute Gasteiger partial charge is 0.0399 e. The molecule has 1 aliphatic heterocycles. The highest BCUT2D eigenvalue weighted by molar-refractivity contribution is 6.08. The van der Waals surface area contributed by atoms with Gasteiger partial charge in [-0.05, 0) is 24.5 Å². The Morgan fingerprint density at radius 3 is 3.00 bits per heavy atom. The van der Waals surface area contributed by atoms with Crippen molar-refractivity contribution in [3.63, 3.8) is 0 Å². The van der Waals surface area contributed by atoms with Gasteiger partial charge in [-0.2, -0.15) is 0 Å². The lowest BCUT2D eigenvalue weighted by Crippen LogP contribution is -2.21. The van der Waals surface area contributed by atoms with Crippen LogP contribution in [0.15, 0.2) is 24.3 Å². The molecule has 0 saturated heterocycles. The van der Waals surface area contributed by atoms with Crippen LogP contribution in [-0.4, -0.2) is 23.3 Å². The third-order valence-corrected chi connectivity index (χ3v) is 2.94. The van der Waals surface area contributed by atoms with Gasteiger partial charge in [0.15, 0.2) is 0 Å². The number of hydrogen-bond donors (Lipinski definition) is 0. The second kappa shape index (κ2) is 3.96. The van der Waals surface area contributed by atoms with Crippen molar-refractivity contribution < 1.29 is 0 Å². The highest BCUT2D eigenvalue weighted by Crippen LogP contribution is 2.27. The molecule has 0 aromatic heterocycles. The van der Waals surface area contributed by atoms with E-state index in [1.807, 2.05) is 0 Å². The van der Waals surface area contributed by atoms with Crippen LogP contribution in [0.4, 0.5) is 5.69 Å². The monoisotopic (exact) mass is 188 g/mol. The van der Waals surface area contributed by atoms with E-state index < -0.39 is 0 Å². The Hall–Kier alpha value is -0.763. The van der Waals surface area contributed by atoms with Gasteiger partial charge >= 0.3 is 0 Å². The molecule has 13 heavy (non-hydrogen) atoms. The lowest BCUT2D eigenvalue weighted by atomic mass is 10.2. The molecule has 1 heterocycles. The highest BCUT2D eigenvalue weighted by Gasteiger charge is 2.16. The summed E-state index contributed by atoms with van der Waals surface area (Å²) in [5.74, 6) is 0. The van der Waals surface area contributed by atoms with Crippen LogP contribution in [-0.2, 0) is 6.42 Å². The van der Waals surface area contributed by atoms with Gasteiger partial charge < -0.3 is 4.90 Å². The Balaban J connectivity index is 2.09. The van der Waals surface area contributed by atoms with Crippen molar-refractivity contribution in [3.8, 4) is 0 Å². The molecule has 0 N–H and O–H groups in total. The van der Waals surface area contributed by atoms with Crippen molar-refractivity contribution in [2.24, 2.45) is 0 Å². The molecule has 0 bridgehead atoms. The minimum absolute atomic E-state index is 1.10. The van der Waals surface area contributed by atoms with E-state index in [2.05, 4.69) is 39.4 Å². The molecule has 1 aromatic carbocycles. The van der Waals surface area contributed by atoms with Crippen LogP contribution in [0.2, 0.25) is 6.04 Å². The molecule has 2 heteroatoms. The van der Waals surface area contributed by atoms with Gasteiger partial charge in [-0.1, -0.05) is 24.2 Å². The Morgan fingerprint density at radius 2 is 2.15 bits per heavy atom. The second-order valence-electron chi connectivity index (χ2n) is 3.47. The molecule has 67 valence electrons. The molecular formula is C11H14NSi. The van der Waals surface area contributed by atoms with E-state index in [0.29, 0.717) is 0 Å². The Bertz CT molecular complexity index is 285. The van der Waals surface area contributed by atoms with Crippen LogP contribution in [0.5, 0.6) is 0 Å². The van der Waals surface area contributed by atoms with E-state index >= 15 is 0 Å². The van der Waals surface area contributed by atoms with Gasteiger partial charge in [0.25, 0.3) is 0 Å². The van der Waals surface area contributed by atoms with Crippen molar-refractivity contribution in [2.45, 2.75) is 18.9 Å². The van der Waals surface area contributed by atoms with Crippen LogP contribution >= 0.6 is 0 Å². The maximum absolute atomic E-state index is 3.52. The third-order valence-electron chi connectivity index (χ3n) is 2.59. The van der Waals surface area contributed by atoms with Crippen molar-refractivity contribution in [2.75, 3.05) is 18.0 Å². The lowest BCUT2D eigenvalue weighted by molar-refractivity contribution is 0.796. The zero-order valence-corrected chi connectivity index (χ0v) is 8.79. The minimum Gasteiger partial charge on any atom is -0.371 e. The van der Waals surface area contributed by atoms with Gasteiger partial charge in [-0.3, -0.25) is 0 Å². The molecule has 1 nitrogen and oxygen atoms in total. The van der Waals surface area contributed by atoms with Crippen LogP contribution in [0, 0.1) is 0 Å². The van der Waals surface area contributed by atoms with E-state index in [4.69, 9.17) is 0 Å². The predicted molar refractivity (Wildman–Crippen MR) is 57.5 cm³/mol. The van der Waals surface area contributed by atoms with Gasteiger partial charge in [0.05, 0.1) is 0 Å². The van der Waals surface area contributed by atoms with E-state index in [1.165, 1.54) is 37.2 Å². The van der Waals surface area contributed by atoms with Gasteiger partial charge in [-0.15, -0.1) is 0 Å². The van der Waals surface area contributed by atoms with Gasteiger partial charge in [0.2, 0.25) is 0 Å². The first-order valence-corrected chi connectivity index (χ1v) is 5.60. The predicted octanol–water partition coefficient (Wildman–Crippen LogP) is 2.03. The molecular weight excluding hydrogens is 174 g/mol. The van der Waals surface area contributed by atoms with E-state index in [-0.39, 0.29) is 0 Å². The van der Waals surface area contributed by atoms with Crippen LogP contribution in [0.1, 0.15) is 12.0 Å². The molecule has 1 aromatic rings. The molecule has 2 rings (SSSR count). The summed E-state index contributed by atoms with van der Waals surface area (Å²) >= 11 is 0. The highest BCUT2D eigenvalue weighted by atomic mass is 28.1. The maximum atomic E-state index is 3.52. The topological polar surface area (TPSA) is 3.24 Å². The van der Waals surface area contributed by atoms with E-state index in [9.17, 15) is 0 Å². The first-order chi connectivity index (χ1) is 6.42. The Morgan fingerprint density at radius 1 is 1.31 bits per heavy atom. The molecule has 0 unspecified atom stereocenters. The van der Waals surface area contributed by atoms with Crippen LogP contribution in [0.3, 0.4) is 0 Å². The molecule has 3 radical (unpaired) electrons. The average Bonchev–Trinajstić information content (AvgIpc) is 2.58. The van der Waals surface area contributed by atoms with Crippen LogP contribution < -0.4 is 4.90 Å². The number of hydrogen-bond acceptors (Lipinski definition) is 1. The number of rotatable bonds is 3. The largest absolute Gasteiger partial charge is 0.371 e. The number of benzene rings is 1. The van der Waals surface area contributed by atoms with Crippen LogP contribution in [0.25, 0.3) is 0 Å². The summed E-state index contributed by atoms with van der Waals surface area (Å²) in [6.45, 7) is 2.38. The third kappa shape index (κ3) is 1.78. The first kappa shape index (κ1) is 8.82. The summed E-state index contributed by atoms with van der Waals surface area (Å²) in [6, 6.07) is 9.83. The van der Waals surface area contributed by atoms with E-state index in [0.717, 1.165) is 6.04 Å². The maximum Gasteiger partial charge on any atom is 0.0399 e. The van der Waals surface area contributed by atoms with Gasteiger partial charge in [0, 0.05) is 29.0 Å². The fourth-order valence-corrected chi connectivity index (χ4v) is 2.07. The minimum atomic E-state index is 1.10. The summed E-state index contributed by atoms with van der Waals surface area (Å²) < 4.78 is 0. The number of anilines is 1. The summed E-state index contributed by atoms with van der Waals surface area (Å²) in [4.78, 5) is 2.48. The fraction of sp³-hybridized carbons (Fsp3) is 0.455. The molecule has 1 aliphatic rings.